The Morgan fingerprint density at radius 3 is 2.59 bits per heavy atom. The molecule has 2 heterocycles. The van der Waals surface area contributed by atoms with Gasteiger partial charge in [0.2, 0.25) is 0 Å². The highest BCUT2D eigenvalue weighted by atomic mass is 16.5. The molecular weight excluding hydrogens is 352 g/mol. The van der Waals surface area contributed by atoms with E-state index in [0.29, 0.717) is 6.61 Å². The minimum atomic E-state index is -0.873. The molecule has 3 N–H and O–H groups in total. The van der Waals surface area contributed by atoms with Crippen LogP contribution in [-0.2, 0) is 22.7 Å². The number of hydrogen-bond donors (Lipinski definition) is 3. The molecule has 0 amide bonds. The van der Waals surface area contributed by atoms with E-state index in [4.69, 9.17) is 9.47 Å². The van der Waals surface area contributed by atoms with Crippen LogP contribution in [0, 0.1) is 13.8 Å². The quantitative estimate of drug-likeness (QED) is 0.677. The third-order valence-corrected chi connectivity index (χ3v) is 4.88. The number of ether oxygens (including phenoxy) is 2. The van der Waals surface area contributed by atoms with Gasteiger partial charge in [0.05, 0.1) is 31.5 Å². The molecule has 1 fully saturated rings. The first-order chi connectivity index (χ1) is 12.9. The number of aromatic nitrogens is 2. The van der Waals surface area contributed by atoms with Gasteiger partial charge in [-0.1, -0.05) is 18.2 Å². The highest BCUT2D eigenvalue weighted by Crippen LogP contribution is 2.27. The number of nitrogens with zero attached hydrogens (tertiary/aromatic N) is 1. The Bertz CT molecular complexity index is 899. The van der Waals surface area contributed by atoms with Crippen LogP contribution < -0.4 is 11.2 Å². The zero-order chi connectivity index (χ0) is 19.6. The molecule has 0 bridgehead atoms. The van der Waals surface area contributed by atoms with Gasteiger partial charge in [0, 0.05) is 12.6 Å². The molecule has 1 unspecified atom stereocenters. The maximum Gasteiger partial charge on any atom is 0.330 e. The van der Waals surface area contributed by atoms with Crippen LogP contribution in [-0.4, -0.2) is 38.6 Å². The summed E-state index contributed by atoms with van der Waals surface area (Å²) in [5, 5.41) is 19.0. The van der Waals surface area contributed by atoms with Crippen LogP contribution in [0.15, 0.2) is 34.0 Å². The minimum Gasteiger partial charge on any atom is -0.394 e. The van der Waals surface area contributed by atoms with Crippen LogP contribution in [0.4, 0.5) is 0 Å². The Morgan fingerprint density at radius 2 is 1.96 bits per heavy atom. The third kappa shape index (κ3) is 4.19. The van der Waals surface area contributed by atoms with Gasteiger partial charge in [-0.15, -0.1) is 0 Å². The molecule has 8 heteroatoms. The SMILES string of the molecule is Cc1cccc(C)c1COCc1cn([C@@H]2CC(O)[C@H](CO)O2)c(=O)[nH]c1=O. The zero-order valence-electron chi connectivity index (χ0n) is 15.3. The Morgan fingerprint density at radius 1 is 1.26 bits per heavy atom. The predicted molar refractivity (Wildman–Crippen MR) is 97.4 cm³/mol. The summed E-state index contributed by atoms with van der Waals surface area (Å²) in [7, 11) is 0. The van der Waals surface area contributed by atoms with Crippen molar-refractivity contribution in [1.29, 1.82) is 0 Å². The van der Waals surface area contributed by atoms with E-state index in [1.54, 1.807) is 0 Å². The van der Waals surface area contributed by atoms with Crippen LogP contribution in [0.25, 0.3) is 0 Å². The summed E-state index contributed by atoms with van der Waals surface area (Å²) in [5.41, 5.74) is 2.42. The number of rotatable bonds is 6. The fraction of sp³-hybridized carbons (Fsp3) is 0.474. The molecule has 0 aliphatic carbocycles. The summed E-state index contributed by atoms with van der Waals surface area (Å²) in [6.45, 7) is 4.03. The molecule has 0 spiro atoms. The molecular formula is C19H24N2O6. The van der Waals surface area contributed by atoms with Gasteiger partial charge in [-0.05, 0) is 30.5 Å². The molecule has 1 saturated heterocycles. The fourth-order valence-corrected chi connectivity index (χ4v) is 3.23. The van der Waals surface area contributed by atoms with Crippen LogP contribution in [0.3, 0.4) is 0 Å². The molecule has 0 saturated carbocycles. The van der Waals surface area contributed by atoms with Crippen molar-refractivity contribution in [2.75, 3.05) is 6.61 Å². The summed E-state index contributed by atoms with van der Waals surface area (Å²) >= 11 is 0. The molecule has 1 aromatic heterocycles. The predicted octanol–water partition coefficient (Wildman–Crippen LogP) is 0.511. The second-order valence-electron chi connectivity index (χ2n) is 6.80. The van der Waals surface area contributed by atoms with Gasteiger partial charge in [-0.25, -0.2) is 4.79 Å². The molecule has 0 radical (unpaired) electrons. The monoisotopic (exact) mass is 376 g/mol. The first-order valence-electron chi connectivity index (χ1n) is 8.82. The largest absolute Gasteiger partial charge is 0.394 e. The van der Waals surface area contributed by atoms with E-state index in [-0.39, 0.29) is 25.2 Å². The summed E-state index contributed by atoms with van der Waals surface area (Å²) in [6.07, 6.45) is -0.831. The van der Waals surface area contributed by atoms with Gasteiger partial charge >= 0.3 is 5.69 Å². The molecule has 1 aliphatic heterocycles. The van der Waals surface area contributed by atoms with Crippen LogP contribution in [0.5, 0.6) is 0 Å². The highest BCUT2D eigenvalue weighted by molar-refractivity contribution is 5.32. The van der Waals surface area contributed by atoms with E-state index in [1.807, 2.05) is 32.0 Å². The van der Waals surface area contributed by atoms with Gasteiger partial charge in [0.1, 0.15) is 12.3 Å². The maximum absolute atomic E-state index is 12.1. The number of aromatic amines is 1. The Hall–Kier alpha value is -2.26. The van der Waals surface area contributed by atoms with Crippen molar-refractivity contribution in [2.24, 2.45) is 0 Å². The Labute approximate surface area is 156 Å². The molecule has 3 atom stereocenters. The lowest BCUT2D eigenvalue weighted by Gasteiger charge is -2.15. The summed E-state index contributed by atoms with van der Waals surface area (Å²) in [5.74, 6) is 0. The number of nitrogens with one attached hydrogen (secondary N) is 1. The van der Waals surface area contributed by atoms with Crippen LogP contribution in [0.2, 0.25) is 0 Å². The lowest BCUT2D eigenvalue weighted by atomic mass is 10.0. The van der Waals surface area contributed by atoms with Crippen molar-refractivity contribution in [3.05, 3.63) is 67.5 Å². The lowest BCUT2D eigenvalue weighted by Crippen LogP contribution is -2.34. The van der Waals surface area contributed by atoms with E-state index in [1.165, 1.54) is 10.8 Å². The average Bonchev–Trinajstić information content (AvgIpc) is 2.99. The second-order valence-corrected chi connectivity index (χ2v) is 6.80. The van der Waals surface area contributed by atoms with Crippen molar-refractivity contribution in [2.45, 2.75) is 51.9 Å². The molecule has 8 nitrogen and oxygen atoms in total. The first kappa shape index (κ1) is 19.5. The minimum absolute atomic E-state index is 0.0299. The number of aliphatic hydroxyl groups is 2. The molecule has 1 aliphatic rings. The zero-order valence-corrected chi connectivity index (χ0v) is 15.3. The van der Waals surface area contributed by atoms with Crippen molar-refractivity contribution in [1.82, 2.24) is 9.55 Å². The number of aliphatic hydroxyl groups excluding tert-OH is 2. The van der Waals surface area contributed by atoms with Crippen molar-refractivity contribution >= 4 is 0 Å². The molecule has 2 aromatic rings. The summed E-state index contributed by atoms with van der Waals surface area (Å²) < 4.78 is 12.4. The smallest absolute Gasteiger partial charge is 0.330 e. The van der Waals surface area contributed by atoms with Crippen molar-refractivity contribution in [3.8, 4) is 0 Å². The topological polar surface area (TPSA) is 114 Å². The van der Waals surface area contributed by atoms with Crippen LogP contribution >= 0.6 is 0 Å². The van der Waals surface area contributed by atoms with E-state index < -0.39 is 29.7 Å². The van der Waals surface area contributed by atoms with E-state index in [9.17, 15) is 19.8 Å². The number of aryl methyl sites for hydroxylation is 2. The number of H-pyrrole nitrogens is 1. The van der Waals surface area contributed by atoms with Gasteiger partial charge in [-0.3, -0.25) is 14.3 Å². The first-order valence-corrected chi connectivity index (χ1v) is 8.82. The Balaban J connectivity index is 1.75. The Kier molecular flexibility index (Phi) is 5.91. The average molecular weight is 376 g/mol. The van der Waals surface area contributed by atoms with Gasteiger partial charge in [0.15, 0.2) is 0 Å². The molecule has 1 aromatic carbocycles. The molecule has 27 heavy (non-hydrogen) atoms. The molecule has 146 valence electrons. The van der Waals surface area contributed by atoms with E-state index in [0.717, 1.165) is 16.7 Å². The van der Waals surface area contributed by atoms with E-state index in [2.05, 4.69) is 4.98 Å². The molecule has 3 rings (SSSR count). The standard InChI is InChI=1S/C19H24N2O6/c1-11-4-3-5-12(2)14(11)10-26-9-13-7-21(19(25)20-18(13)24)17-6-15(23)16(8-22)27-17/h3-5,7,15-17,22-23H,6,8-10H2,1-2H3,(H,20,24,25)/t15?,16-,17-/m0/s1. The number of benzene rings is 1. The summed E-state index contributed by atoms with van der Waals surface area (Å²) in [4.78, 5) is 26.4. The lowest BCUT2D eigenvalue weighted by molar-refractivity contribution is -0.0461. The maximum atomic E-state index is 12.1. The second kappa shape index (κ2) is 8.18. The third-order valence-electron chi connectivity index (χ3n) is 4.88. The fourth-order valence-electron chi connectivity index (χ4n) is 3.23. The summed E-state index contributed by atoms with van der Waals surface area (Å²) in [6, 6.07) is 5.97. The normalized spacial score (nSPS) is 22.3. The van der Waals surface area contributed by atoms with Crippen molar-refractivity contribution < 1.29 is 19.7 Å². The van der Waals surface area contributed by atoms with Gasteiger partial charge < -0.3 is 19.7 Å². The van der Waals surface area contributed by atoms with Gasteiger partial charge in [-0.2, -0.15) is 0 Å². The van der Waals surface area contributed by atoms with Crippen LogP contribution in [0.1, 0.15) is 34.9 Å². The highest BCUT2D eigenvalue weighted by Gasteiger charge is 2.35. The van der Waals surface area contributed by atoms with Crippen molar-refractivity contribution in [3.63, 3.8) is 0 Å². The van der Waals surface area contributed by atoms with E-state index >= 15 is 0 Å². The number of hydrogen-bond acceptors (Lipinski definition) is 6. The van der Waals surface area contributed by atoms with Gasteiger partial charge in [0.25, 0.3) is 5.56 Å².